The van der Waals surface area contributed by atoms with Crippen molar-refractivity contribution in [3.63, 3.8) is 0 Å². The van der Waals surface area contributed by atoms with Crippen LogP contribution in [0.3, 0.4) is 0 Å². The molecule has 1 saturated heterocycles. The Hall–Kier alpha value is -0.720. The van der Waals surface area contributed by atoms with Crippen LogP contribution in [0.15, 0.2) is 21.7 Å². The molecule has 4 nitrogen and oxygen atoms in total. The highest BCUT2D eigenvalue weighted by Crippen LogP contribution is 2.25. The van der Waals surface area contributed by atoms with Gasteiger partial charge < -0.3 is 15.0 Å². The molecule has 0 bridgehead atoms. The Morgan fingerprint density at radius 3 is 2.77 bits per heavy atom. The first kappa shape index (κ1) is 17.6. The predicted molar refractivity (Wildman–Crippen MR) is 93.9 cm³/mol. The number of carbonyl (C=O) groups excluding carboxylic acids is 1. The number of piperidine rings is 1. The fourth-order valence-electron chi connectivity index (χ4n) is 2.40. The third-order valence-electron chi connectivity index (χ3n) is 3.64. The largest absolute Gasteiger partial charge is 0.446 e. The third-order valence-corrected chi connectivity index (χ3v) is 5.75. The van der Waals surface area contributed by atoms with Crippen molar-refractivity contribution in [2.24, 2.45) is 0 Å². The van der Waals surface area contributed by atoms with E-state index in [1.807, 2.05) is 4.90 Å². The number of thioether (sulfide) groups is 1. The highest BCUT2D eigenvalue weighted by Gasteiger charge is 2.29. The molecule has 1 aliphatic heterocycles. The number of rotatable bonds is 5. The summed E-state index contributed by atoms with van der Waals surface area (Å²) in [5.41, 5.74) is -0.222. The van der Waals surface area contributed by atoms with Gasteiger partial charge in [0.2, 0.25) is 0 Å². The van der Waals surface area contributed by atoms with E-state index in [2.05, 4.69) is 43.6 Å². The molecular formula is C16H26N2O2S2. The average Bonchev–Trinajstić information content (AvgIpc) is 2.96. The molecule has 0 radical (unpaired) electrons. The Kier molecular flexibility index (Phi) is 6.59. The molecule has 1 aromatic rings. The van der Waals surface area contributed by atoms with E-state index in [4.69, 9.17) is 4.74 Å². The molecule has 22 heavy (non-hydrogen) atoms. The first-order valence-electron chi connectivity index (χ1n) is 7.82. The van der Waals surface area contributed by atoms with Crippen LogP contribution in [0.2, 0.25) is 0 Å². The number of hydrogen-bond acceptors (Lipinski definition) is 5. The van der Waals surface area contributed by atoms with Gasteiger partial charge in [-0.1, -0.05) is 6.07 Å². The molecule has 6 heteroatoms. The van der Waals surface area contributed by atoms with Crippen molar-refractivity contribution in [1.29, 1.82) is 0 Å². The zero-order chi connectivity index (χ0) is 16.0. The van der Waals surface area contributed by atoms with Gasteiger partial charge in [0, 0.05) is 17.8 Å². The summed E-state index contributed by atoms with van der Waals surface area (Å²) >= 11 is 3.53. The molecule has 0 saturated carbocycles. The molecule has 1 fully saturated rings. The van der Waals surface area contributed by atoms with Crippen molar-refractivity contribution in [3.8, 4) is 0 Å². The summed E-state index contributed by atoms with van der Waals surface area (Å²) in [4.78, 5) is 14.4. The van der Waals surface area contributed by atoms with E-state index in [1.54, 1.807) is 23.1 Å². The third kappa shape index (κ3) is 5.48. The summed E-state index contributed by atoms with van der Waals surface area (Å²) in [6.07, 6.45) is 1.70. The number of amides is 1. The molecule has 0 aliphatic carbocycles. The number of nitrogens with one attached hydrogen (secondary N) is 1. The van der Waals surface area contributed by atoms with Gasteiger partial charge in [0.15, 0.2) is 0 Å². The molecule has 1 aromatic heterocycles. The summed E-state index contributed by atoms with van der Waals surface area (Å²) in [6.45, 7) is 8.75. The van der Waals surface area contributed by atoms with Gasteiger partial charge in [0.25, 0.3) is 0 Å². The number of nitrogens with zero attached hydrogens (tertiary/aromatic N) is 1. The second kappa shape index (κ2) is 8.22. The lowest BCUT2D eigenvalue weighted by Crippen LogP contribution is -2.48. The fraction of sp³-hybridized carbons (Fsp3) is 0.688. The van der Waals surface area contributed by atoms with Crippen LogP contribution in [0.5, 0.6) is 0 Å². The zero-order valence-corrected chi connectivity index (χ0v) is 15.3. The van der Waals surface area contributed by atoms with Crippen LogP contribution < -0.4 is 5.32 Å². The van der Waals surface area contributed by atoms with Gasteiger partial charge in [-0.3, -0.25) is 0 Å². The van der Waals surface area contributed by atoms with Gasteiger partial charge in [-0.05, 0) is 58.1 Å². The van der Waals surface area contributed by atoms with E-state index >= 15 is 0 Å². The molecule has 0 aromatic carbocycles. The number of hydrogen-bond donors (Lipinski definition) is 1. The molecule has 0 atom stereocenters. The molecule has 2 heterocycles. The Labute approximate surface area is 141 Å². The lowest BCUT2D eigenvalue weighted by atomic mass is 10.1. The standard InChI is InChI=1S/C16H26N2O2S2/c1-16(2,3)18(10-12-22-14-5-4-11-21-14)15(19)20-13-6-8-17-9-7-13/h4-5,11,13,17H,6-10,12H2,1-3H3. The van der Waals surface area contributed by atoms with Gasteiger partial charge in [-0.15, -0.1) is 23.1 Å². The average molecular weight is 343 g/mol. The molecule has 2 rings (SSSR count). The molecule has 0 spiro atoms. The SMILES string of the molecule is CC(C)(C)N(CCSc1cccs1)C(=O)OC1CCNCC1. The maximum atomic E-state index is 12.5. The summed E-state index contributed by atoms with van der Waals surface area (Å²) < 4.78 is 7.00. The lowest BCUT2D eigenvalue weighted by molar-refractivity contribution is 0.0291. The maximum absolute atomic E-state index is 12.5. The Balaban J connectivity index is 1.86. The van der Waals surface area contributed by atoms with Crippen LogP contribution in [0.1, 0.15) is 33.6 Å². The zero-order valence-electron chi connectivity index (χ0n) is 13.6. The summed E-state index contributed by atoms with van der Waals surface area (Å²) in [6, 6.07) is 4.17. The van der Waals surface area contributed by atoms with E-state index in [1.165, 1.54) is 4.21 Å². The molecular weight excluding hydrogens is 316 g/mol. The molecule has 1 N–H and O–H groups in total. The highest BCUT2D eigenvalue weighted by molar-refractivity contribution is 8.01. The monoisotopic (exact) mass is 342 g/mol. The van der Waals surface area contributed by atoms with Crippen molar-refractivity contribution in [1.82, 2.24) is 10.2 Å². The van der Waals surface area contributed by atoms with E-state index < -0.39 is 0 Å². The quantitative estimate of drug-likeness (QED) is 0.826. The Morgan fingerprint density at radius 2 is 2.18 bits per heavy atom. The minimum absolute atomic E-state index is 0.0588. The molecule has 124 valence electrons. The van der Waals surface area contributed by atoms with E-state index in [0.29, 0.717) is 6.54 Å². The second-order valence-electron chi connectivity index (χ2n) is 6.44. The maximum Gasteiger partial charge on any atom is 0.410 e. The summed E-state index contributed by atoms with van der Waals surface area (Å²) in [7, 11) is 0. The number of carbonyl (C=O) groups is 1. The van der Waals surface area contributed by atoms with Crippen LogP contribution in [0.4, 0.5) is 4.79 Å². The molecule has 0 unspecified atom stereocenters. The fourth-order valence-corrected chi connectivity index (χ4v) is 4.19. The van der Waals surface area contributed by atoms with E-state index in [-0.39, 0.29) is 17.7 Å². The Bertz CT molecular complexity index is 451. The van der Waals surface area contributed by atoms with Crippen LogP contribution in [0.25, 0.3) is 0 Å². The lowest BCUT2D eigenvalue weighted by Gasteiger charge is -2.36. The van der Waals surface area contributed by atoms with Crippen LogP contribution >= 0.6 is 23.1 Å². The first-order valence-corrected chi connectivity index (χ1v) is 9.68. The summed E-state index contributed by atoms with van der Waals surface area (Å²) in [5.74, 6) is 0.888. The first-order chi connectivity index (χ1) is 10.5. The molecule has 1 amide bonds. The minimum atomic E-state index is -0.222. The number of thiophene rings is 1. The van der Waals surface area contributed by atoms with Gasteiger partial charge in [0.05, 0.1) is 4.21 Å². The van der Waals surface area contributed by atoms with Gasteiger partial charge in [-0.25, -0.2) is 4.79 Å². The normalized spacial score (nSPS) is 16.5. The van der Waals surface area contributed by atoms with Gasteiger partial charge >= 0.3 is 6.09 Å². The van der Waals surface area contributed by atoms with Gasteiger partial charge in [0.1, 0.15) is 6.10 Å². The highest BCUT2D eigenvalue weighted by atomic mass is 32.2. The summed E-state index contributed by atoms with van der Waals surface area (Å²) in [5, 5.41) is 5.37. The van der Waals surface area contributed by atoms with Crippen LogP contribution in [0, 0.1) is 0 Å². The van der Waals surface area contributed by atoms with E-state index in [0.717, 1.165) is 31.7 Å². The van der Waals surface area contributed by atoms with Crippen molar-refractivity contribution >= 4 is 29.2 Å². The molecule has 1 aliphatic rings. The smallest absolute Gasteiger partial charge is 0.410 e. The van der Waals surface area contributed by atoms with Crippen molar-refractivity contribution < 1.29 is 9.53 Å². The van der Waals surface area contributed by atoms with Crippen molar-refractivity contribution in [2.75, 3.05) is 25.4 Å². The van der Waals surface area contributed by atoms with Gasteiger partial charge in [-0.2, -0.15) is 0 Å². The minimum Gasteiger partial charge on any atom is -0.446 e. The second-order valence-corrected chi connectivity index (χ2v) is 8.78. The number of ether oxygens (including phenoxy) is 1. The van der Waals surface area contributed by atoms with Crippen molar-refractivity contribution in [2.45, 2.75) is 49.5 Å². The van der Waals surface area contributed by atoms with Crippen molar-refractivity contribution in [3.05, 3.63) is 17.5 Å². The topological polar surface area (TPSA) is 41.6 Å². The predicted octanol–water partition coefficient (Wildman–Crippen LogP) is 3.83. The van der Waals surface area contributed by atoms with E-state index in [9.17, 15) is 4.79 Å². The van der Waals surface area contributed by atoms with Crippen LogP contribution in [-0.4, -0.2) is 48.0 Å². The van der Waals surface area contributed by atoms with Crippen LogP contribution in [-0.2, 0) is 4.74 Å². The Morgan fingerprint density at radius 1 is 1.45 bits per heavy atom.